The number of aryl methyl sites for hydroxylation is 1. The zero-order valence-corrected chi connectivity index (χ0v) is 8.94. The van der Waals surface area contributed by atoms with E-state index >= 15 is 0 Å². The summed E-state index contributed by atoms with van der Waals surface area (Å²) in [6.07, 6.45) is 0. The molecule has 2 rings (SSSR count). The van der Waals surface area contributed by atoms with Gasteiger partial charge in [0.2, 0.25) is 0 Å². The fourth-order valence-corrected chi connectivity index (χ4v) is 1.42. The molecule has 0 unspecified atom stereocenters. The van der Waals surface area contributed by atoms with Crippen molar-refractivity contribution in [2.75, 3.05) is 0 Å². The standard InChI is InChI=1S/C11H9FN2S/c1-7-6-8(2-3-9(7)12)10-4-5-11(15)14-13-10/h2-6H,1H3,(H,14,15). The van der Waals surface area contributed by atoms with Gasteiger partial charge in [-0.05, 0) is 42.8 Å². The normalized spacial score (nSPS) is 10.3. The molecule has 15 heavy (non-hydrogen) atoms. The van der Waals surface area contributed by atoms with Gasteiger partial charge in [0, 0.05) is 5.56 Å². The molecule has 1 N–H and O–H groups in total. The number of aromatic nitrogens is 2. The Labute approximate surface area is 91.8 Å². The van der Waals surface area contributed by atoms with Crippen molar-refractivity contribution in [2.24, 2.45) is 0 Å². The molecule has 2 nitrogen and oxygen atoms in total. The van der Waals surface area contributed by atoms with E-state index in [-0.39, 0.29) is 5.82 Å². The van der Waals surface area contributed by atoms with Gasteiger partial charge in [0.25, 0.3) is 0 Å². The van der Waals surface area contributed by atoms with Gasteiger partial charge in [0.1, 0.15) is 10.5 Å². The molecule has 1 aromatic carbocycles. The minimum atomic E-state index is -0.206. The molecule has 4 heteroatoms. The molecule has 0 bridgehead atoms. The van der Waals surface area contributed by atoms with Crippen LogP contribution in [0.4, 0.5) is 4.39 Å². The minimum absolute atomic E-state index is 0.206. The van der Waals surface area contributed by atoms with Gasteiger partial charge in [-0.15, -0.1) is 0 Å². The third-order valence-electron chi connectivity index (χ3n) is 2.13. The maximum Gasteiger partial charge on any atom is 0.126 e. The number of benzene rings is 1. The smallest absolute Gasteiger partial charge is 0.126 e. The number of hydrogen-bond donors (Lipinski definition) is 1. The van der Waals surface area contributed by atoms with Crippen LogP contribution in [-0.2, 0) is 0 Å². The van der Waals surface area contributed by atoms with Crippen LogP contribution < -0.4 is 0 Å². The highest BCUT2D eigenvalue weighted by Gasteiger charge is 2.02. The molecule has 1 heterocycles. The summed E-state index contributed by atoms with van der Waals surface area (Å²) in [5.41, 5.74) is 2.24. The number of nitrogens with zero attached hydrogens (tertiary/aromatic N) is 1. The molecule has 1 aromatic heterocycles. The summed E-state index contributed by atoms with van der Waals surface area (Å²) in [7, 11) is 0. The Morgan fingerprint density at radius 3 is 2.67 bits per heavy atom. The zero-order chi connectivity index (χ0) is 10.8. The molecule has 0 spiro atoms. The summed E-state index contributed by atoms with van der Waals surface area (Å²) in [6.45, 7) is 1.73. The quantitative estimate of drug-likeness (QED) is 0.747. The fraction of sp³-hybridized carbons (Fsp3) is 0.0909. The van der Waals surface area contributed by atoms with Crippen LogP contribution in [0.25, 0.3) is 11.3 Å². The number of hydrogen-bond acceptors (Lipinski definition) is 2. The van der Waals surface area contributed by atoms with Crippen LogP contribution in [-0.4, -0.2) is 10.2 Å². The van der Waals surface area contributed by atoms with E-state index in [4.69, 9.17) is 12.2 Å². The van der Waals surface area contributed by atoms with Crippen LogP contribution in [0, 0.1) is 17.4 Å². The molecule has 0 saturated heterocycles. The van der Waals surface area contributed by atoms with Crippen LogP contribution in [0.5, 0.6) is 0 Å². The zero-order valence-electron chi connectivity index (χ0n) is 8.12. The Hall–Kier alpha value is -1.55. The lowest BCUT2D eigenvalue weighted by Gasteiger charge is -2.02. The second kappa shape index (κ2) is 3.90. The highest BCUT2D eigenvalue weighted by Crippen LogP contribution is 2.18. The molecule has 0 aliphatic rings. The molecule has 0 atom stereocenters. The number of rotatable bonds is 1. The van der Waals surface area contributed by atoms with Gasteiger partial charge < -0.3 is 0 Å². The summed E-state index contributed by atoms with van der Waals surface area (Å²) >= 11 is 4.89. The molecule has 0 radical (unpaired) electrons. The molecular formula is C11H9FN2S. The maximum atomic E-state index is 13.0. The van der Waals surface area contributed by atoms with Gasteiger partial charge in [0.05, 0.1) is 5.69 Å². The topological polar surface area (TPSA) is 28.7 Å². The molecule has 0 fully saturated rings. The number of halogens is 1. The van der Waals surface area contributed by atoms with E-state index in [1.54, 1.807) is 25.1 Å². The van der Waals surface area contributed by atoms with Gasteiger partial charge in [-0.2, -0.15) is 5.10 Å². The average molecular weight is 220 g/mol. The highest BCUT2D eigenvalue weighted by atomic mass is 32.1. The van der Waals surface area contributed by atoms with Crippen molar-refractivity contribution in [1.82, 2.24) is 10.2 Å². The van der Waals surface area contributed by atoms with E-state index in [2.05, 4.69) is 10.2 Å². The van der Waals surface area contributed by atoms with E-state index < -0.39 is 0 Å². The second-order valence-corrected chi connectivity index (χ2v) is 3.71. The van der Waals surface area contributed by atoms with Crippen molar-refractivity contribution < 1.29 is 4.39 Å². The molecule has 2 aromatic rings. The number of H-pyrrole nitrogens is 1. The summed E-state index contributed by atoms with van der Waals surface area (Å²) in [5, 5.41) is 6.77. The van der Waals surface area contributed by atoms with Gasteiger partial charge >= 0.3 is 0 Å². The SMILES string of the molecule is Cc1cc(-c2ccc(=S)[nH]n2)ccc1F. The molecule has 76 valence electrons. The number of aromatic amines is 1. The Morgan fingerprint density at radius 2 is 2.07 bits per heavy atom. The van der Waals surface area contributed by atoms with E-state index in [9.17, 15) is 4.39 Å². The minimum Gasteiger partial charge on any atom is -0.267 e. The molecular weight excluding hydrogens is 211 g/mol. The Kier molecular flexibility index (Phi) is 2.60. The predicted molar refractivity (Wildman–Crippen MR) is 59.6 cm³/mol. The van der Waals surface area contributed by atoms with Crippen molar-refractivity contribution >= 4 is 12.2 Å². The highest BCUT2D eigenvalue weighted by molar-refractivity contribution is 7.71. The molecule has 0 saturated carbocycles. The van der Waals surface area contributed by atoms with E-state index in [0.717, 1.165) is 11.3 Å². The van der Waals surface area contributed by atoms with Crippen LogP contribution in [0.2, 0.25) is 0 Å². The van der Waals surface area contributed by atoms with Gasteiger partial charge in [-0.25, -0.2) is 4.39 Å². The first-order valence-electron chi connectivity index (χ1n) is 4.49. The van der Waals surface area contributed by atoms with Crippen LogP contribution in [0.15, 0.2) is 30.3 Å². The van der Waals surface area contributed by atoms with Crippen molar-refractivity contribution in [3.63, 3.8) is 0 Å². The lowest BCUT2D eigenvalue weighted by molar-refractivity contribution is 0.618. The average Bonchev–Trinajstić information content (AvgIpc) is 2.23. The summed E-state index contributed by atoms with van der Waals surface area (Å²) in [5.74, 6) is -0.206. The van der Waals surface area contributed by atoms with E-state index in [1.165, 1.54) is 6.07 Å². The number of nitrogens with one attached hydrogen (secondary N) is 1. The largest absolute Gasteiger partial charge is 0.267 e. The van der Waals surface area contributed by atoms with Crippen molar-refractivity contribution in [1.29, 1.82) is 0 Å². The lowest BCUT2D eigenvalue weighted by Crippen LogP contribution is -1.89. The van der Waals surface area contributed by atoms with Crippen LogP contribution >= 0.6 is 12.2 Å². The van der Waals surface area contributed by atoms with Gasteiger partial charge in [-0.1, -0.05) is 12.2 Å². The predicted octanol–water partition coefficient (Wildman–Crippen LogP) is 3.25. The van der Waals surface area contributed by atoms with Crippen molar-refractivity contribution in [3.05, 3.63) is 46.4 Å². The summed E-state index contributed by atoms with van der Waals surface area (Å²) in [4.78, 5) is 0. The first kappa shape index (κ1) is 9.98. The van der Waals surface area contributed by atoms with E-state index in [0.29, 0.717) is 10.2 Å². The second-order valence-electron chi connectivity index (χ2n) is 3.27. The Bertz CT molecular complexity index is 528. The maximum absolute atomic E-state index is 13.0. The van der Waals surface area contributed by atoms with Gasteiger partial charge in [0.15, 0.2) is 0 Å². The summed E-state index contributed by atoms with van der Waals surface area (Å²) < 4.78 is 13.6. The lowest BCUT2D eigenvalue weighted by atomic mass is 10.1. The van der Waals surface area contributed by atoms with Crippen molar-refractivity contribution in [2.45, 2.75) is 6.92 Å². The monoisotopic (exact) mass is 220 g/mol. The van der Waals surface area contributed by atoms with E-state index in [1.807, 2.05) is 6.07 Å². The summed E-state index contributed by atoms with van der Waals surface area (Å²) in [6, 6.07) is 8.46. The van der Waals surface area contributed by atoms with Crippen molar-refractivity contribution in [3.8, 4) is 11.3 Å². The first-order chi connectivity index (χ1) is 7.16. The Balaban J connectivity index is 2.50. The van der Waals surface area contributed by atoms with Crippen LogP contribution in [0.1, 0.15) is 5.56 Å². The molecule has 0 aliphatic heterocycles. The van der Waals surface area contributed by atoms with Gasteiger partial charge in [-0.3, -0.25) is 5.10 Å². The molecule has 0 amide bonds. The molecule has 0 aliphatic carbocycles. The first-order valence-corrected chi connectivity index (χ1v) is 4.90. The Morgan fingerprint density at radius 1 is 1.27 bits per heavy atom. The fourth-order valence-electron chi connectivity index (χ4n) is 1.31. The third-order valence-corrected chi connectivity index (χ3v) is 2.36. The van der Waals surface area contributed by atoms with Crippen LogP contribution in [0.3, 0.4) is 0 Å². The third kappa shape index (κ3) is 2.10.